The van der Waals surface area contributed by atoms with Gasteiger partial charge in [-0.2, -0.15) is 0 Å². The molecular weight excluding hydrogens is 268 g/mol. The SMILES string of the molecule is Cc1ccc2c(c1)nc(CCCl)n2CC(C)(C)C(C)C. The Bertz CT molecular complexity index is 596. The zero-order valence-corrected chi connectivity index (χ0v) is 14.0. The molecule has 0 atom stereocenters. The minimum absolute atomic E-state index is 0.236. The fourth-order valence-corrected chi connectivity index (χ4v) is 2.50. The van der Waals surface area contributed by atoms with E-state index in [1.165, 1.54) is 11.1 Å². The highest BCUT2D eigenvalue weighted by Crippen LogP contribution is 2.31. The number of hydrogen-bond donors (Lipinski definition) is 0. The quantitative estimate of drug-likeness (QED) is 0.723. The van der Waals surface area contributed by atoms with Gasteiger partial charge in [-0.3, -0.25) is 0 Å². The molecule has 1 aromatic heterocycles. The second-order valence-corrected chi connectivity index (χ2v) is 7.07. The molecule has 20 heavy (non-hydrogen) atoms. The zero-order chi connectivity index (χ0) is 14.9. The highest BCUT2D eigenvalue weighted by molar-refractivity contribution is 6.17. The summed E-state index contributed by atoms with van der Waals surface area (Å²) < 4.78 is 2.36. The van der Waals surface area contributed by atoms with E-state index in [1.54, 1.807) is 0 Å². The molecule has 0 aliphatic rings. The van der Waals surface area contributed by atoms with Crippen molar-refractivity contribution >= 4 is 22.6 Å². The van der Waals surface area contributed by atoms with Crippen LogP contribution in [0.5, 0.6) is 0 Å². The van der Waals surface area contributed by atoms with Crippen LogP contribution < -0.4 is 0 Å². The molecule has 0 aliphatic heterocycles. The van der Waals surface area contributed by atoms with Crippen molar-refractivity contribution in [2.45, 2.75) is 47.6 Å². The van der Waals surface area contributed by atoms with Crippen molar-refractivity contribution in [3.63, 3.8) is 0 Å². The molecule has 2 aromatic rings. The molecule has 0 unspecified atom stereocenters. The Morgan fingerprint density at radius 1 is 1.30 bits per heavy atom. The van der Waals surface area contributed by atoms with Gasteiger partial charge in [-0.15, -0.1) is 11.6 Å². The molecule has 0 N–H and O–H groups in total. The number of imidazole rings is 1. The topological polar surface area (TPSA) is 17.8 Å². The fourth-order valence-electron chi connectivity index (χ4n) is 2.33. The molecule has 2 rings (SSSR count). The number of halogens is 1. The first-order valence-electron chi connectivity index (χ1n) is 7.37. The maximum absolute atomic E-state index is 5.95. The van der Waals surface area contributed by atoms with Crippen molar-refractivity contribution < 1.29 is 0 Å². The molecule has 1 heterocycles. The summed E-state index contributed by atoms with van der Waals surface area (Å²) in [5.41, 5.74) is 3.80. The summed E-state index contributed by atoms with van der Waals surface area (Å²) in [7, 11) is 0. The summed E-state index contributed by atoms with van der Waals surface area (Å²) in [6.07, 6.45) is 0.823. The normalized spacial score (nSPS) is 12.6. The van der Waals surface area contributed by atoms with Gasteiger partial charge in [0.25, 0.3) is 0 Å². The minimum Gasteiger partial charge on any atom is -0.327 e. The van der Waals surface area contributed by atoms with E-state index in [1.807, 2.05) is 0 Å². The molecule has 0 bridgehead atoms. The van der Waals surface area contributed by atoms with Crippen molar-refractivity contribution in [1.29, 1.82) is 0 Å². The number of hydrogen-bond acceptors (Lipinski definition) is 1. The van der Waals surface area contributed by atoms with Crippen molar-refractivity contribution in [2.75, 3.05) is 5.88 Å². The molecule has 1 aromatic carbocycles. The van der Waals surface area contributed by atoms with Gasteiger partial charge >= 0.3 is 0 Å². The smallest absolute Gasteiger partial charge is 0.111 e. The van der Waals surface area contributed by atoms with E-state index in [-0.39, 0.29) is 5.41 Å². The number of rotatable bonds is 5. The van der Waals surface area contributed by atoms with Crippen LogP contribution in [0.15, 0.2) is 18.2 Å². The molecular formula is C17H25ClN2. The molecule has 3 heteroatoms. The van der Waals surface area contributed by atoms with Gasteiger partial charge in [-0.25, -0.2) is 4.98 Å². The first-order chi connectivity index (χ1) is 9.35. The third kappa shape index (κ3) is 3.01. The summed E-state index contributed by atoms with van der Waals surface area (Å²) in [6, 6.07) is 6.51. The second kappa shape index (κ2) is 5.77. The van der Waals surface area contributed by atoms with Crippen LogP contribution in [0.4, 0.5) is 0 Å². The highest BCUT2D eigenvalue weighted by atomic mass is 35.5. The Balaban J connectivity index is 2.51. The molecule has 2 nitrogen and oxygen atoms in total. The number of aryl methyl sites for hydroxylation is 2. The third-order valence-corrected chi connectivity index (χ3v) is 4.62. The lowest BCUT2D eigenvalue weighted by molar-refractivity contribution is 0.210. The lowest BCUT2D eigenvalue weighted by atomic mass is 9.81. The summed E-state index contributed by atoms with van der Waals surface area (Å²) in [4.78, 5) is 4.79. The Hall–Kier alpha value is -1.02. The molecule has 0 amide bonds. The van der Waals surface area contributed by atoms with Gasteiger partial charge < -0.3 is 4.57 Å². The number of alkyl halides is 1. The second-order valence-electron chi connectivity index (χ2n) is 6.69. The van der Waals surface area contributed by atoms with Crippen molar-refractivity contribution in [3.8, 4) is 0 Å². The van der Waals surface area contributed by atoms with Gasteiger partial charge in [-0.05, 0) is 36.0 Å². The summed E-state index contributed by atoms with van der Waals surface area (Å²) >= 11 is 5.95. The van der Waals surface area contributed by atoms with Crippen LogP contribution in [0.1, 0.15) is 39.1 Å². The summed E-state index contributed by atoms with van der Waals surface area (Å²) in [5.74, 6) is 2.34. The van der Waals surface area contributed by atoms with Crippen molar-refractivity contribution in [2.24, 2.45) is 11.3 Å². The van der Waals surface area contributed by atoms with E-state index in [4.69, 9.17) is 16.6 Å². The lowest BCUT2D eigenvalue weighted by Gasteiger charge is -2.30. The van der Waals surface area contributed by atoms with Crippen LogP contribution in [-0.2, 0) is 13.0 Å². The van der Waals surface area contributed by atoms with E-state index >= 15 is 0 Å². The number of aromatic nitrogens is 2. The van der Waals surface area contributed by atoms with Crippen LogP contribution in [0, 0.1) is 18.3 Å². The zero-order valence-electron chi connectivity index (χ0n) is 13.2. The predicted octanol–water partition coefficient (Wildman–Crippen LogP) is 4.81. The Labute approximate surface area is 127 Å². The van der Waals surface area contributed by atoms with Gasteiger partial charge in [0, 0.05) is 18.8 Å². The highest BCUT2D eigenvalue weighted by Gasteiger charge is 2.25. The molecule has 0 saturated carbocycles. The van der Waals surface area contributed by atoms with Crippen molar-refractivity contribution in [3.05, 3.63) is 29.6 Å². The standard InChI is InChI=1S/C17H25ClN2/c1-12(2)17(4,5)11-20-15-7-6-13(3)10-14(15)19-16(20)8-9-18/h6-7,10,12H,8-9,11H2,1-5H3. The molecule has 110 valence electrons. The molecule has 0 radical (unpaired) electrons. The average Bonchev–Trinajstić information content (AvgIpc) is 2.66. The number of benzene rings is 1. The van der Waals surface area contributed by atoms with Gasteiger partial charge in [0.2, 0.25) is 0 Å². The molecule has 0 aliphatic carbocycles. The van der Waals surface area contributed by atoms with E-state index in [0.717, 1.165) is 24.3 Å². The van der Waals surface area contributed by atoms with E-state index in [2.05, 4.69) is 57.4 Å². The Morgan fingerprint density at radius 2 is 2.00 bits per heavy atom. The van der Waals surface area contributed by atoms with Crippen LogP contribution in [0.3, 0.4) is 0 Å². The monoisotopic (exact) mass is 292 g/mol. The number of fused-ring (bicyclic) bond motifs is 1. The number of nitrogens with zero attached hydrogens (tertiary/aromatic N) is 2. The Morgan fingerprint density at radius 3 is 2.60 bits per heavy atom. The fraction of sp³-hybridized carbons (Fsp3) is 0.588. The van der Waals surface area contributed by atoms with Gasteiger partial charge in [0.15, 0.2) is 0 Å². The summed E-state index contributed by atoms with van der Waals surface area (Å²) in [5, 5.41) is 0. The Kier molecular flexibility index (Phi) is 4.43. The first-order valence-corrected chi connectivity index (χ1v) is 7.90. The lowest BCUT2D eigenvalue weighted by Crippen LogP contribution is -2.26. The third-order valence-electron chi connectivity index (χ3n) is 4.43. The maximum atomic E-state index is 5.95. The van der Waals surface area contributed by atoms with E-state index in [9.17, 15) is 0 Å². The molecule has 0 fully saturated rings. The predicted molar refractivity (Wildman–Crippen MR) is 87.5 cm³/mol. The molecule has 0 saturated heterocycles. The molecule has 0 spiro atoms. The summed E-state index contributed by atoms with van der Waals surface area (Å²) in [6.45, 7) is 12.3. The maximum Gasteiger partial charge on any atom is 0.111 e. The van der Waals surface area contributed by atoms with Crippen LogP contribution in [0.25, 0.3) is 11.0 Å². The largest absolute Gasteiger partial charge is 0.327 e. The van der Waals surface area contributed by atoms with Crippen LogP contribution in [0.2, 0.25) is 0 Å². The minimum atomic E-state index is 0.236. The van der Waals surface area contributed by atoms with Gasteiger partial charge in [-0.1, -0.05) is 33.8 Å². The first kappa shape index (κ1) is 15.4. The van der Waals surface area contributed by atoms with Crippen LogP contribution >= 0.6 is 11.6 Å². The van der Waals surface area contributed by atoms with E-state index in [0.29, 0.717) is 11.8 Å². The van der Waals surface area contributed by atoms with E-state index < -0.39 is 0 Å². The average molecular weight is 293 g/mol. The van der Waals surface area contributed by atoms with Crippen molar-refractivity contribution in [1.82, 2.24) is 9.55 Å². The van der Waals surface area contributed by atoms with Gasteiger partial charge in [0.05, 0.1) is 11.0 Å². The van der Waals surface area contributed by atoms with Gasteiger partial charge in [0.1, 0.15) is 5.82 Å². The van der Waals surface area contributed by atoms with Crippen LogP contribution in [-0.4, -0.2) is 15.4 Å².